The molecule has 1 atom stereocenters. The van der Waals surface area contributed by atoms with E-state index >= 15 is 0 Å². The molecule has 0 aliphatic carbocycles. The smallest absolute Gasteiger partial charge is 0.322 e. The number of carboxylic acid groups (broad SMARTS) is 1. The summed E-state index contributed by atoms with van der Waals surface area (Å²) in [6, 6.07) is 14.3. The Labute approximate surface area is 162 Å². The number of carboxylic acids is 1. The van der Waals surface area contributed by atoms with Gasteiger partial charge in [0.1, 0.15) is 6.54 Å². The fraction of sp³-hybridized carbons (Fsp3) is 0.250. The molecule has 0 aliphatic heterocycles. The summed E-state index contributed by atoms with van der Waals surface area (Å²) in [5, 5.41) is 14.3. The maximum absolute atomic E-state index is 12.3. The van der Waals surface area contributed by atoms with Crippen molar-refractivity contribution in [2.24, 2.45) is 5.92 Å². The Morgan fingerprint density at radius 2 is 1.78 bits per heavy atom. The molecule has 2 aromatic carbocycles. The van der Waals surface area contributed by atoms with Crippen LogP contribution in [0.1, 0.15) is 18.1 Å². The van der Waals surface area contributed by atoms with Crippen LogP contribution in [0.3, 0.4) is 0 Å². The summed E-state index contributed by atoms with van der Waals surface area (Å²) in [6.07, 6.45) is 0.654. The number of anilines is 1. The summed E-state index contributed by atoms with van der Waals surface area (Å²) < 4.78 is 0. The van der Waals surface area contributed by atoms with Gasteiger partial charge in [-0.2, -0.15) is 0 Å². The van der Waals surface area contributed by atoms with E-state index < -0.39 is 12.5 Å². The summed E-state index contributed by atoms with van der Waals surface area (Å²) in [5.74, 6) is -1.80. The van der Waals surface area contributed by atoms with Crippen molar-refractivity contribution in [3.05, 3.63) is 64.7 Å². The number of hydrogen-bond donors (Lipinski definition) is 3. The Morgan fingerprint density at radius 1 is 1.07 bits per heavy atom. The highest BCUT2D eigenvalue weighted by Gasteiger charge is 2.14. The van der Waals surface area contributed by atoms with Gasteiger partial charge in [-0.05, 0) is 41.8 Å². The second kappa shape index (κ2) is 9.73. The third kappa shape index (κ3) is 7.11. The van der Waals surface area contributed by atoms with E-state index in [1.54, 1.807) is 30.3 Å². The molecule has 0 bridgehead atoms. The Kier molecular flexibility index (Phi) is 7.37. The second-order valence-corrected chi connectivity index (χ2v) is 6.70. The zero-order chi connectivity index (χ0) is 19.8. The van der Waals surface area contributed by atoms with Crippen LogP contribution in [-0.4, -0.2) is 29.4 Å². The third-order valence-corrected chi connectivity index (χ3v) is 4.14. The summed E-state index contributed by atoms with van der Waals surface area (Å²) in [7, 11) is 0. The second-order valence-electron chi connectivity index (χ2n) is 6.27. The fourth-order valence-electron chi connectivity index (χ4n) is 2.50. The number of aliphatic carboxylic acids is 1. The van der Waals surface area contributed by atoms with Crippen LogP contribution in [0.5, 0.6) is 0 Å². The zero-order valence-electron chi connectivity index (χ0n) is 14.9. The minimum atomic E-state index is -1.09. The first-order valence-corrected chi connectivity index (χ1v) is 8.84. The quantitative estimate of drug-likeness (QED) is 0.648. The molecular weight excluding hydrogens is 368 g/mol. The number of carbonyl (C=O) groups is 3. The molecule has 1 unspecified atom stereocenters. The lowest BCUT2D eigenvalue weighted by Crippen LogP contribution is -2.30. The molecule has 7 heteroatoms. The minimum Gasteiger partial charge on any atom is -0.480 e. The highest BCUT2D eigenvalue weighted by atomic mass is 35.5. The van der Waals surface area contributed by atoms with E-state index in [4.69, 9.17) is 16.7 Å². The van der Waals surface area contributed by atoms with Crippen LogP contribution in [0, 0.1) is 5.92 Å². The van der Waals surface area contributed by atoms with Crippen molar-refractivity contribution in [3.8, 4) is 0 Å². The van der Waals surface area contributed by atoms with Gasteiger partial charge in [-0.3, -0.25) is 14.4 Å². The van der Waals surface area contributed by atoms with Gasteiger partial charge < -0.3 is 15.7 Å². The third-order valence-electron chi connectivity index (χ3n) is 3.90. The van der Waals surface area contributed by atoms with E-state index in [1.807, 2.05) is 25.1 Å². The van der Waals surface area contributed by atoms with Gasteiger partial charge >= 0.3 is 5.97 Å². The average molecular weight is 389 g/mol. The number of carbonyl (C=O) groups excluding carboxylic acids is 2. The SMILES string of the molecule is CC(Cc1cccc(Cl)c1)C(=O)Nc1ccc(CC(=O)NCC(=O)O)cc1. The molecule has 0 fully saturated rings. The predicted octanol–water partition coefficient (Wildman–Crippen LogP) is 2.90. The number of halogens is 1. The molecule has 6 nitrogen and oxygen atoms in total. The summed E-state index contributed by atoms with van der Waals surface area (Å²) in [4.78, 5) is 34.4. The lowest BCUT2D eigenvalue weighted by atomic mass is 10.0. The van der Waals surface area contributed by atoms with Crippen molar-refractivity contribution in [2.75, 3.05) is 11.9 Å². The number of hydrogen-bond acceptors (Lipinski definition) is 3. The van der Waals surface area contributed by atoms with Gasteiger partial charge in [-0.15, -0.1) is 0 Å². The van der Waals surface area contributed by atoms with E-state index in [1.165, 1.54) is 0 Å². The van der Waals surface area contributed by atoms with E-state index in [9.17, 15) is 14.4 Å². The van der Waals surface area contributed by atoms with Gasteiger partial charge in [0.25, 0.3) is 0 Å². The zero-order valence-corrected chi connectivity index (χ0v) is 15.6. The number of nitrogens with one attached hydrogen (secondary N) is 2. The maximum atomic E-state index is 12.3. The molecule has 2 amide bonds. The van der Waals surface area contributed by atoms with Gasteiger partial charge in [-0.25, -0.2) is 0 Å². The molecule has 0 aromatic heterocycles. The molecule has 2 rings (SSSR count). The van der Waals surface area contributed by atoms with Crippen molar-refractivity contribution in [1.82, 2.24) is 5.32 Å². The van der Waals surface area contributed by atoms with E-state index in [0.717, 1.165) is 11.1 Å². The molecule has 2 aromatic rings. The molecule has 3 N–H and O–H groups in total. The van der Waals surface area contributed by atoms with Crippen LogP contribution in [0.15, 0.2) is 48.5 Å². The standard InChI is InChI=1S/C20H21ClN2O4/c1-13(9-15-3-2-4-16(21)10-15)20(27)23-17-7-5-14(6-8-17)11-18(24)22-12-19(25)26/h2-8,10,13H,9,11-12H2,1H3,(H,22,24)(H,23,27)(H,25,26). The monoisotopic (exact) mass is 388 g/mol. The number of benzene rings is 2. The van der Waals surface area contributed by atoms with Gasteiger partial charge in [-0.1, -0.05) is 42.8 Å². The van der Waals surface area contributed by atoms with Crippen LogP contribution in [0.2, 0.25) is 5.02 Å². The molecule has 0 saturated heterocycles. The van der Waals surface area contributed by atoms with Crippen LogP contribution in [0.25, 0.3) is 0 Å². The highest BCUT2D eigenvalue weighted by Crippen LogP contribution is 2.17. The number of amides is 2. The van der Waals surface area contributed by atoms with Gasteiger partial charge in [0, 0.05) is 16.6 Å². The molecule has 142 valence electrons. The molecule has 0 spiro atoms. The van der Waals surface area contributed by atoms with Crippen molar-refractivity contribution in [2.45, 2.75) is 19.8 Å². The van der Waals surface area contributed by atoms with Crippen LogP contribution < -0.4 is 10.6 Å². The highest BCUT2D eigenvalue weighted by molar-refractivity contribution is 6.30. The van der Waals surface area contributed by atoms with E-state index in [-0.39, 0.29) is 24.2 Å². The molecule has 0 radical (unpaired) electrons. The topological polar surface area (TPSA) is 95.5 Å². The lowest BCUT2D eigenvalue weighted by Gasteiger charge is -2.13. The van der Waals surface area contributed by atoms with Crippen molar-refractivity contribution < 1.29 is 19.5 Å². The molecule has 0 saturated carbocycles. The summed E-state index contributed by atoms with van der Waals surface area (Å²) in [6.45, 7) is 1.44. The van der Waals surface area contributed by atoms with E-state index in [2.05, 4.69) is 10.6 Å². The van der Waals surface area contributed by atoms with Crippen LogP contribution in [0.4, 0.5) is 5.69 Å². The minimum absolute atomic E-state index is 0.0761. The Bertz CT molecular complexity index is 821. The van der Waals surface area contributed by atoms with E-state index in [0.29, 0.717) is 17.1 Å². The molecular formula is C20H21ClN2O4. The Hall–Kier alpha value is -2.86. The van der Waals surface area contributed by atoms with Gasteiger partial charge in [0.15, 0.2) is 0 Å². The lowest BCUT2D eigenvalue weighted by molar-refractivity contribution is -0.137. The largest absolute Gasteiger partial charge is 0.480 e. The molecule has 27 heavy (non-hydrogen) atoms. The first-order chi connectivity index (χ1) is 12.8. The first-order valence-electron chi connectivity index (χ1n) is 8.46. The average Bonchev–Trinajstić information content (AvgIpc) is 2.61. The summed E-state index contributed by atoms with van der Waals surface area (Å²) in [5.41, 5.74) is 2.35. The summed E-state index contributed by atoms with van der Waals surface area (Å²) >= 11 is 5.97. The first kappa shape index (κ1) is 20.5. The van der Waals surface area contributed by atoms with Gasteiger partial charge in [0.2, 0.25) is 11.8 Å². The van der Waals surface area contributed by atoms with Crippen LogP contribution >= 0.6 is 11.6 Å². The normalized spacial score (nSPS) is 11.5. The van der Waals surface area contributed by atoms with Crippen LogP contribution in [-0.2, 0) is 27.2 Å². The molecule has 0 heterocycles. The van der Waals surface area contributed by atoms with Gasteiger partial charge in [0.05, 0.1) is 6.42 Å². The predicted molar refractivity (Wildman–Crippen MR) is 104 cm³/mol. The number of rotatable bonds is 8. The van der Waals surface area contributed by atoms with Crippen molar-refractivity contribution in [1.29, 1.82) is 0 Å². The Morgan fingerprint density at radius 3 is 2.41 bits per heavy atom. The molecule has 0 aliphatic rings. The van der Waals surface area contributed by atoms with Crippen molar-refractivity contribution in [3.63, 3.8) is 0 Å². The maximum Gasteiger partial charge on any atom is 0.322 e. The Balaban J connectivity index is 1.86. The fourth-order valence-corrected chi connectivity index (χ4v) is 2.72. The van der Waals surface area contributed by atoms with Crippen molar-refractivity contribution >= 4 is 35.1 Å².